The molecule has 1 aromatic carbocycles. The van der Waals surface area contributed by atoms with Gasteiger partial charge in [0.25, 0.3) is 5.91 Å². The number of carbonyl (C=O) groups excluding carboxylic acids is 2. The van der Waals surface area contributed by atoms with Gasteiger partial charge in [0.05, 0.1) is 5.02 Å². The molecule has 0 aliphatic carbocycles. The summed E-state index contributed by atoms with van der Waals surface area (Å²) in [4.78, 5) is 26.0. The van der Waals surface area contributed by atoms with E-state index < -0.39 is 24.2 Å². The number of hydroxylamine groups is 1. The Kier molecular flexibility index (Phi) is 5.29. The molecular weight excluding hydrogens is 263 g/mol. The molecule has 0 aliphatic heterocycles. The number of amides is 2. The van der Waals surface area contributed by atoms with Crippen LogP contribution in [0.2, 0.25) is 5.02 Å². The highest BCUT2D eigenvalue weighted by Gasteiger charge is 2.00. The first kappa shape index (κ1) is 14.1. The maximum absolute atomic E-state index is 12.8. The molecule has 18 heavy (non-hydrogen) atoms. The predicted molar refractivity (Wildman–Crippen MR) is 63.7 cm³/mol. The van der Waals surface area contributed by atoms with Gasteiger partial charge < -0.3 is 5.73 Å². The highest BCUT2D eigenvalue weighted by Crippen LogP contribution is 2.16. The molecule has 2 amide bonds. The quantitative estimate of drug-likeness (QED) is 0.620. The van der Waals surface area contributed by atoms with Crippen LogP contribution < -0.4 is 11.2 Å². The van der Waals surface area contributed by atoms with Crippen LogP contribution in [0.1, 0.15) is 5.56 Å². The van der Waals surface area contributed by atoms with Crippen LogP contribution >= 0.6 is 11.6 Å². The summed E-state index contributed by atoms with van der Waals surface area (Å²) in [5.41, 5.74) is 7.32. The van der Waals surface area contributed by atoms with E-state index in [0.717, 1.165) is 6.08 Å². The van der Waals surface area contributed by atoms with Gasteiger partial charge in [0.15, 0.2) is 6.61 Å². The fourth-order valence-electron chi connectivity index (χ4n) is 1.00. The van der Waals surface area contributed by atoms with E-state index in [1.165, 1.54) is 24.3 Å². The third-order valence-corrected chi connectivity index (χ3v) is 2.05. The molecule has 0 aromatic heterocycles. The van der Waals surface area contributed by atoms with E-state index in [4.69, 9.17) is 17.3 Å². The van der Waals surface area contributed by atoms with Crippen LogP contribution in [0.5, 0.6) is 0 Å². The van der Waals surface area contributed by atoms with Gasteiger partial charge >= 0.3 is 0 Å². The minimum atomic E-state index is -0.704. The van der Waals surface area contributed by atoms with Crippen molar-refractivity contribution < 1.29 is 18.8 Å². The molecule has 5 nitrogen and oxygen atoms in total. The highest BCUT2D eigenvalue weighted by molar-refractivity contribution is 6.30. The topological polar surface area (TPSA) is 81.4 Å². The van der Waals surface area contributed by atoms with Crippen LogP contribution in [0.15, 0.2) is 24.3 Å². The van der Waals surface area contributed by atoms with Gasteiger partial charge in [-0.05, 0) is 23.8 Å². The summed E-state index contributed by atoms with van der Waals surface area (Å²) < 4.78 is 12.8. The molecule has 0 saturated carbocycles. The van der Waals surface area contributed by atoms with Gasteiger partial charge in [0, 0.05) is 6.08 Å². The maximum Gasteiger partial charge on any atom is 0.267 e. The van der Waals surface area contributed by atoms with Crippen LogP contribution in [0.25, 0.3) is 6.08 Å². The summed E-state index contributed by atoms with van der Waals surface area (Å²) in [7, 11) is 0. The molecule has 0 unspecified atom stereocenters. The fourth-order valence-corrected chi connectivity index (χ4v) is 1.19. The number of hydrogen-bond acceptors (Lipinski definition) is 3. The van der Waals surface area contributed by atoms with E-state index in [9.17, 15) is 14.0 Å². The highest BCUT2D eigenvalue weighted by atomic mass is 35.5. The Balaban J connectivity index is 2.50. The van der Waals surface area contributed by atoms with Gasteiger partial charge in [-0.3, -0.25) is 14.4 Å². The molecule has 0 atom stereocenters. The van der Waals surface area contributed by atoms with Crippen molar-refractivity contribution in [2.75, 3.05) is 6.61 Å². The van der Waals surface area contributed by atoms with Crippen molar-refractivity contribution in [1.29, 1.82) is 0 Å². The van der Waals surface area contributed by atoms with Crippen molar-refractivity contribution in [2.45, 2.75) is 0 Å². The molecular formula is C11H10ClFN2O3. The minimum Gasteiger partial charge on any atom is -0.368 e. The molecule has 1 aromatic rings. The Morgan fingerprint density at radius 3 is 2.83 bits per heavy atom. The lowest BCUT2D eigenvalue weighted by molar-refractivity contribution is -0.134. The number of primary amides is 1. The van der Waals surface area contributed by atoms with E-state index in [1.807, 2.05) is 5.48 Å². The average Bonchev–Trinajstić information content (AvgIpc) is 2.30. The Morgan fingerprint density at radius 1 is 1.50 bits per heavy atom. The molecule has 3 N–H and O–H groups in total. The van der Waals surface area contributed by atoms with Crippen molar-refractivity contribution in [3.05, 3.63) is 40.7 Å². The molecule has 7 heteroatoms. The Morgan fingerprint density at radius 2 is 2.22 bits per heavy atom. The third-order valence-electron chi connectivity index (χ3n) is 1.76. The number of rotatable bonds is 5. The number of hydrogen-bond donors (Lipinski definition) is 2. The van der Waals surface area contributed by atoms with Crippen LogP contribution in [-0.2, 0) is 14.4 Å². The normalized spacial score (nSPS) is 10.6. The minimum absolute atomic E-state index is 0.0393. The zero-order chi connectivity index (χ0) is 13.5. The summed E-state index contributed by atoms with van der Waals surface area (Å²) in [6, 6.07) is 4.00. The molecule has 0 heterocycles. The fraction of sp³-hybridized carbons (Fsp3) is 0.0909. The van der Waals surface area contributed by atoms with Crippen LogP contribution in [0.3, 0.4) is 0 Å². The van der Waals surface area contributed by atoms with Gasteiger partial charge in [0.1, 0.15) is 5.82 Å². The first-order valence-electron chi connectivity index (χ1n) is 4.82. The second-order valence-electron chi connectivity index (χ2n) is 3.23. The number of halogens is 2. The Labute approximate surface area is 107 Å². The second kappa shape index (κ2) is 6.73. The van der Waals surface area contributed by atoms with E-state index in [2.05, 4.69) is 4.84 Å². The van der Waals surface area contributed by atoms with Gasteiger partial charge in [-0.25, -0.2) is 9.87 Å². The SMILES string of the molecule is NC(=O)CONC(=O)/C=C/c1ccc(F)c(Cl)c1. The van der Waals surface area contributed by atoms with Gasteiger partial charge in [-0.15, -0.1) is 0 Å². The summed E-state index contributed by atoms with van der Waals surface area (Å²) >= 11 is 5.56. The molecule has 0 spiro atoms. The standard InChI is InChI=1S/C11H10ClFN2O3/c12-8-5-7(1-3-9(8)13)2-4-11(17)15-18-6-10(14)16/h1-5H,6H2,(H2,14,16)(H,15,17)/b4-2+. The number of nitrogens with two attached hydrogens (primary N) is 1. The molecule has 96 valence electrons. The summed E-state index contributed by atoms with van der Waals surface area (Å²) in [6.45, 7) is -0.415. The summed E-state index contributed by atoms with van der Waals surface area (Å²) in [5.74, 6) is -1.83. The van der Waals surface area contributed by atoms with Crippen LogP contribution in [0.4, 0.5) is 4.39 Å². The lowest BCUT2D eigenvalue weighted by Crippen LogP contribution is -2.28. The second-order valence-corrected chi connectivity index (χ2v) is 3.64. The largest absolute Gasteiger partial charge is 0.368 e. The van der Waals surface area contributed by atoms with Crippen LogP contribution in [0, 0.1) is 5.82 Å². The predicted octanol–water partition coefficient (Wildman–Crippen LogP) is 1.03. The molecule has 0 radical (unpaired) electrons. The van der Waals surface area contributed by atoms with E-state index >= 15 is 0 Å². The van der Waals surface area contributed by atoms with Gasteiger partial charge in [-0.2, -0.15) is 0 Å². The third kappa shape index (κ3) is 4.94. The summed E-state index contributed by atoms with van der Waals surface area (Å²) in [5, 5.41) is -0.0393. The zero-order valence-electron chi connectivity index (χ0n) is 9.15. The first-order chi connectivity index (χ1) is 8.49. The average molecular weight is 273 g/mol. The Hall–Kier alpha value is -1.92. The van der Waals surface area contributed by atoms with E-state index in [1.54, 1.807) is 0 Å². The zero-order valence-corrected chi connectivity index (χ0v) is 9.91. The van der Waals surface area contributed by atoms with Crippen molar-refractivity contribution in [3.63, 3.8) is 0 Å². The molecule has 0 bridgehead atoms. The van der Waals surface area contributed by atoms with Crippen molar-refractivity contribution in [2.24, 2.45) is 5.73 Å². The van der Waals surface area contributed by atoms with Gasteiger partial charge in [-0.1, -0.05) is 17.7 Å². The monoisotopic (exact) mass is 272 g/mol. The lowest BCUT2D eigenvalue weighted by Gasteiger charge is -2.00. The molecule has 0 fully saturated rings. The van der Waals surface area contributed by atoms with Crippen molar-refractivity contribution in [1.82, 2.24) is 5.48 Å². The smallest absolute Gasteiger partial charge is 0.267 e. The molecule has 1 rings (SSSR count). The number of benzene rings is 1. The summed E-state index contributed by atoms with van der Waals surface area (Å²) in [6.07, 6.45) is 2.55. The molecule has 0 saturated heterocycles. The number of carbonyl (C=O) groups is 2. The first-order valence-corrected chi connectivity index (χ1v) is 5.20. The lowest BCUT2D eigenvalue weighted by atomic mass is 10.2. The molecule has 0 aliphatic rings. The maximum atomic E-state index is 12.8. The van der Waals surface area contributed by atoms with Gasteiger partial charge in [0.2, 0.25) is 5.91 Å². The van der Waals surface area contributed by atoms with Crippen molar-refractivity contribution >= 4 is 29.5 Å². The van der Waals surface area contributed by atoms with Crippen molar-refractivity contribution in [3.8, 4) is 0 Å². The van der Waals surface area contributed by atoms with E-state index in [0.29, 0.717) is 5.56 Å². The number of nitrogens with one attached hydrogen (secondary N) is 1. The van der Waals surface area contributed by atoms with Crippen LogP contribution in [-0.4, -0.2) is 18.4 Å². The Bertz CT molecular complexity index is 491. The van der Waals surface area contributed by atoms with E-state index in [-0.39, 0.29) is 5.02 Å².